The number of esters is 2. The molecule has 1 aromatic carbocycles. The standard InChI is InChI=1S/C15H18O4/c1-12(7-6-10-18-13(2)16)11-19-15(17)14-8-4-3-5-9-14/h3-5,7-9H,6,10-11H2,1-2H3/b12-7+. The molecule has 102 valence electrons. The normalized spacial score (nSPS) is 10.9. The Morgan fingerprint density at radius 1 is 1.11 bits per heavy atom. The molecular formula is C15H18O4. The first kappa shape index (κ1) is 15.0. The molecule has 0 unspecified atom stereocenters. The van der Waals surface area contributed by atoms with Crippen LogP contribution in [-0.4, -0.2) is 25.2 Å². The molecule has 0 N–H and O–H groups in total. The number of rotatable bonds is 6. The smallest absolute Gasteiger partial charge is 0.338 e. The zero-order valence-corrected chi connectivity index (χ0v) is 11.2. The first-order chi connectivity index (χ1) is 9.09. The van der Waals surface area contributed by atoms with Gasteiger partial charge >= 0.3 is 11.9 Å². The Morgan fingerprint density at radius 3 is 2.42 bits per heavy atom. The maximum atomic E-state index is 11.6. The van der Waals surface area contributed by atoms with E-state index in [0.29, 0.717) is 18.6 Å². The Labute approximate surface area is 113 Å². The Bertz CT molecular complexity index is 448. The third-order valence-electron chi connectivity index (χ3n) is 2.36. The summed E-state index contributed by atoms with van der Waals surface area (Å²) in [6, 6.07) is 8.85. The Morgan fingerprint density at radius 2 is 1.79 bits per heavy atom. The van der Waals surface area contributed by atoms with Crippen LogP contribution in [0.2, 0.25) is 0 Å². The first-order valence-electron chi connectivity index (χ1n) is 6.11. The minimum Gasteiger partial charge on any atom is -0.466 e. The quantitative estimate of drug-likeness (QED) is 0.449. The van der Waals surface area contributed by atoms with Gasteiger partial charge in [-0.05, 0) is 31.1 Å². The first-order valence-corrected chi connectivity index (χ1v) is 6.11. The molecule has 0 aliphatic carbocycles. The summed E-state index contributed by atoms with van der Waals surface area (Å²) in [7, 11) is 0. The van der Waals surface area contributed by atoms with Gasteiger partial charge in [0.05, 0.1) is 12.2 Å². The second-order valence-electron chi connectivity index (χ2n) is 4.12. The van der Waals surface area contributed by atoms with E-state index in [9.17, 15) is 9.59 Å². The van der Waals surface area contributed by atoms with Gasteiger partial charge in [0.25, 0.3) is 0 Å². The molecule has 0 aliphatic heterocycles. The van der Waals surface area contributed by atoms with Gasteiger partial charge in [-0.1, -0.05) is 24.3 Å². The predicted octanol–water partition coefficient (Wildman–Crippen LogP) is 2.74. The second kappa shape index (κ2) is 8.08. The lowest BCUT2D eigenvalue weighted by Crippen LogP contribution is -2.07. The number of carbonyl (C=O) groups is 2. The summed E-state index contributed by atoms with van der Waals surface area (Å²) in [5.41, 5.74) is 1.46. The molecule has 4 nitrogen and oxygen atoms in total. The van der Waals surface area contributed by atoms with Crippen LogP contribution in [-0.2, 0) is 14.3 Å². The average Bonchev–Trinajstić information content (AvgIpc) is 2.41. The molecule has 19 heavy (non-hydrogen) atoms. The molecule has 0 spiro atoms. The van der Waals surface area contributed by atoms with Crippen LogP contribution in [0.3, 0.4) is 0 Å². The van der Waals surface area contributed by atoms with E-state index in [4.69, 9.17) is 9.47 Å². The van der Waals surface area contributed by atoms with Crippen molar-refractivity contribution in [3.8, 4) is 0 Å². The number of hydrogen-bond donors (Lipinski definition) is 0. The van der Waals surface area contributed by atoms with Crippen molar-refractivity contribution in [1.29, 1.82) is 0 Å². The molecule has 0 heterocycles. The number of ether oxygens (including phenoxy) is 2. The number of carbonyl (C=O) groups excluding carboxylic acids is 2. The highest BCUT2D eigenvalue weighted by Gasteiger charge is 2.05. The maximum absolute atomic E-state index is 11.6. The van der Waals surface area contributed by atoms with E-state index < -0.39 is 0 Å². The molecule has 0 amide bonds. The SMILES string of the molecule is CC(=O)OCC/C=C(\C)COC(=O)c1ccccc1. The van der Waals surface area contributed by atoms with E-state index in [-0.39, 0.29) is 18.5 Å². The third-order valence-corrected chi connectivity index (χ3v) is 2.36. The topological polar surface area (TPSA) is 52.6 Å². The average molecular weight is 262 g/mol. The number of benzene rings is 1. The van der Waals surface area contributed by atoms with Crippen molar-refractivity contribution < 1.29 is 19.1 Å². The molecule has 0 atom stereocenters. The van der Waals surface area contributed by atoms with E-state index in [2.05, 4.69) is 0 Å². The molecule has 0 fully saturated rings. The summed E-state index contributed by atoms with van der Waals surface area (Å²) in [5.74, 6) is -0.630. The van der Waals surface area contributed by atoms with E-state index in [0.717, 1.165) is 5.57 Å². The molecule has 1 rings (SSSR count). The fraction of sp³-hybridized carbons (Fsp3) is 0.333. The zero-order valence-electron chi connectivity index (χ0n) is 11.2. The highest BCUT2D eigenvalue weighted by atomic mass is 16.5. The van der Waals surface area contributed by atoms with Gasteiger partial charge in [-0.25, -0.2) is 4.79 Å². The summed E-state index contributed by atoms with van der Waals surface area (Å²) in [5, 5.41) is 0. The molecule has 0 saturated carbocycles. The van der Waals surface area contributed by atoms with Crippen LogP contribution in [0.4, 0.5) is 0 Å². The Kier molecular flexibility index (Phi) is 6.36. The van der Waals surface area contributed by atoms with Crippen LogP contribution in [0, 0.1) is 0 Å². The number of hydrogen-bond acceptors (Lipinski definition) is 4. The van der Waals surface area contributed by atoms with Gasteiger partial charge in [-0.2, -0.15) is 0 Å². The van der Waals surface area contributed by atoms with Gasteiger partial charge in [0.1, 0.15) is 6.61 Å². The molecule has 1 aromatic rings. The van der Waals surface area contributed by atoms with Gasteiger partial charge in [0, 0.05) is 6.92 Å². The van der Waals surface area contributed by atoms with Crippen molar-refractivity contribution in [3.05, 3.63) is 47.5 Å². The van der Waals surface area contributed by atoms with Gasteiger partial charge in [0.2, 0.25) is 0 Å². The van der Waals surface area contributed by atoms with Gasteiger partial charge in [0.15, 0.2) is 0 Å². The minimum atomic E-state index is -0.340. The van der Waals surface area contributed by atoms with E-state index in [1.165, 1.54) is 6.92 Å². The summed E-state index contributed by atoms with van der Waals surface area (Å²) in [4.78, 5) is 22.2. The summed E-state index contributed by atoms with van der Waals surface area (Å²) < 4.78 is 9.95. The highest BCUT2D eigenvalue weighted by Crippen LogP contribution is 2.04. The summed E-state index contributed by atoms with van der Waals surface area (Å²) in [6.07, 6.45) is 2.51. The van der Waals surface area contributed by atoms with Crippen molar-refractivity contribution in [3.63, 3.8) is 0 Å². The van der Waals surface area contributed by atoms with Gasteiger partial charge in [-0.3, -0.25) is 4.79 Å². The molecule has 0 saturated heterocycles. The Hall–Kier alpha value is -2.10. The summed E-state index contributed by atoms with van der Waals surface area (Å²) in [6.45, 7) is 3.83. The van der Waals surface area contributed by atoms with Crippen LogP contribution < -0.4 is 0 Å². The van der Waals surface area contributed by atoms with Crippen LogP contribution >= 0.6 is 0 Å². The lowest BCUT2D eigenvalue weighted by atomic mass is 10.2. The molecule has 0 bridgehead atoms. The van der Waals surface area contributed by atoms with Crippen molar-refractivity contribution in [2.45, 2.75) is 20.3 Å². The van der Waals surface area contributed by atoms with Crippen LogP contribution in [0.5, 0.6) is 0 Å². The maximum Gasteiger partial charge on any atom is 0.338 e. The monoisotopic (exact) mass is 262 g/mol. The van der Waals surface area contributed by atoms with Crippen molar-refractivity contribution in [2.75, 3.05) is 13.2 Å². The molecule has 4 heteroatoms. The fourth-order valence-corrected chi connectivity index (χ4v) is 1.40. The predicted molar refractivity (Wildman–Crippen MR) is 71.7 cm³/mol. The molecular weight excluding hydrogens is 244 g/mol. The van der Waals surface area contributed by atoms with E-state index in [1.807, 2.05) is 19.1 Å². The highest BCUT2D eigenvalue weighted by molar-refractivity contribution is 5.89. The van der Waals surface area contributed by atoms with Gasteiger partial charge < -0.3 is 9.47 Å². The van der Waals surface area contributed by atoms with Crippen LogP contribution in [0.15, 0.2) is 42.0 Å². The van der Waals surface area contributed by atoms with E-state index in [1.54, 1.807) is 24.3 Å². The second-order valence-corrected chi connectivity index (χ2v) is 4.12. The van der Waals surface area contributed by atoms with Crippen molar-refractivity contribution in [1.82, 2.24) is 0 Å². The molecule has 0 radical (unpaired) electrons. The largest absolute Gasteiger partial charge is 0.466 e. The lowest BCUT2D eigenvalue weighted by Gasteiger charge is -2.05. The third kappa shape index (κ3) is 6.41. The molecule has 0 aliphatic rings. The van der Waals surface area contributed by atoms with E-state index >= 15 is 0 Å². The van der Waals surface area contributed by atoms with Crippen molar-refractivity contribution in [2.24, 2.45) is 0 Å². The van der Waals surface area contributed by atoms with Crippen LogP contribution in [0.25, 0.3) is 0 Å². The Balaban J connectivity index is 2.30. The van der Waals surface area contributed by atoms with Crippen molar-refractivity contribution >= 4 is 11.9 Å². The summed E-state index contributed by atoms with van der Waals surface area (Å²) >= 11 is 0. The fourth-order valence-electron chi connectivity index (χ4n) is 1.40. The lowest BCUT2D eigenvalue weighted by molar-refractivity contribution is -0.140. The zero-order chi connectivity index (χ0) is 14.1. The molecule has 0 aromatic heterocycles. The minimum absolute atomic E-state index is 0.244. The van der Waals surface area contributed by atoms with Gasteiger partial charge in [-0.15, -0.1) is 0 Å². The van der Waals surface area contributed by atoms with Crippen LogP contribution in [0.1, 0.15) is 30.6 Å².